The molecule has 0 unspecified atom stereocenters. The fourth-order valence-corrected chi connectivity index (χ4v) is 3.13. The Labute approximate surface area is 125 Å². The molecule has 110 valence electrons. The molecule has 2 aromatic heterocycles. The minimum Gasteiger partial charge on any atom is -0.458 e. The summed E-state index contributed by atoms with van der Waals surface area (Å²) in [5.74, 6) is -0.262. The number of hydrogen-bond acceptors (Lipinski definition) is 6. The molecule has 21 heavy (non-hydrogen) atoms. The van der Waals surface area contributed by atoms with Crippen molar-refractivity contribution in [1.29, 1.82) is 0 Å². The second-order valence-corrected chi connectivity index (χ2v) is 6.06. The third-order valence-corrected chi connectivity index (χ3v) is 4.24. The lowest BCUT2D eigenvalue weighted by atomic mass is 9.95. The maximum absolute atomic E-state index is 11.9. The predicted molar refractivity (Wildman–Crippen MR) is 78.1 cm³/mol. The molecule has 0 aromatic carbocycles. The van der Waals surface area contributed by atoms with Crippen molar-refractivity contribution in [2.75, 3.05) is 0 Å². The fraction of sp³-hybridized carbons (Fsp3) is 0.429. The van der Waals surface area contributed by atoms with E-state index >= 15 is 0 Å². The first kappa shape index (κ1) is 13.9. The molecule has 0 bridgehead atoms. The van der Waals surface area contributed by atoms with Gasteiger partial charge in [-0.25, -0.2) is 4.98 Å². The van der Waals surface area contributed by atoms with Crippen molar-refractivity contribution in [3.05, 3.63) is 39.3 Å². The van der Waals surface area contributed by atoms with Gasteiger partial charge in [0.1, 0.15) is 6.61 Å². The molecule has 0 N–H and O–H groups in total. The minimum atomic E-state index is -0.219. The van der Waals surface area contributed by atoms with Gasteiger partial charge in [-0.3, -0.25) is 9.59 Å². The maximum Gasteiger partial charge on any atom is 0.309 e. The zero-order valence-corrected chi connectivity index (χ0v) is 12.4. The van der Waals surface area contributed by atoms with Crippen LogP contribution < -0.4 is 5.56 Å². The largest absolute Gasteiger partial charge is 0.458 e. The number of ether oxygens (including phenoxy) is 1. The number of aryl methyl sites for hydroxylation is 1. The second-order valence-electron chi connectivity index (χ2n) is 5.02. The van der Waals surface area contributed by atoms with E-state index in [4.69, 9.17) is 4.74 Å². The first-order chi connectivity index (χ1) is 10.1. The van der Waals surface area contributed by atoms with Crippen LogP contribution in [0.15, 0.2) is 23.0 Å². The van der Waals surface area contributed by atoms with Crippen molar-refractivity contribution in [3.8, 4) is 0 Å². The molecule has 3 rings (SSSR count). The van der Waals surface area contributed by atoms with Gasteiger partial charge in [-0.2, -0.15) is 9.61 Å². The molecule has 2 aromatic rings. The second kappa shape index (κ2) is 5.77. The number of aromatic nitrogens is 3. The molecule has 1 aliphatic carbocycles. The quantitative estimate of drug-likeness (QED) is 0.639. The van der Waals surface area contributed by atoms with Crippen molar-refractivity contribution in [2.45, 2.75) is 32.8 Å². The number of carbonyl (C=O) groups excluding carboxylic acids is 1. The van der Waals surface area contributed by atoms with E-state index in [-0.39, 0.29) is 24.1 Å². The van der Waals surface area contributed by atoms with Gasteiger partial charge in [0, 0.05) is 11.8 Å². The van der Waals surface area contributed by atoms with E-state index < -0.39 is 0 Å². The average molecular weight is 305 g/mol. The molecule has 0 amide bonds. The summed E-state index contributed by atoms with van der Waals surface area (Å²) >= 11 is 1.26. The fourth-order valence-electron chi connectivity index (χ4n) is 2.28. The lowest BCUT2D eigenvalue weighted by Crippen LogP contribution is -2.19. The number of nitrogens with zero attached hydrogens (tertiary/aromatic N) is 3. The van der Waals surface area contributed by atoms with E-state index in [1.165, 1.54) is 21.9 Å². The molecule has 0 fully saturated rings. The van der Waals surface area contributed by atoms with Gasteiger partial charge in [0.05, 0.1) is 5.92 Å². The molecule has 0 spiro atoms. The third kappa shape index (κ3) is 3.02. The molecule has 0 saturated heterocycles. The van der Waals surface area contributed by atoms with Crippen LogP contribution in [0.3, 0.4) is 0 Å². The van der Waals surface area contributed by atoms with Crippen LogP contribution in [-0.4, -0.2) is 20.6 Å². The minimum absolute atomic E-state index is 0.0625. The Morgan fingerprint density at radius 2 is 2.38 bits per heavy atom. The van der Waals surface area contributed by atoms with E-state index in [2.05, 4.69) is 16.2 Å². The molecule has 6 nitrogen and oxygen atoms in total. The number of fused-ring (bicyclic) bond motifs is 1. The number of esters is 1. The monoisotopic (exact) mass is 305 g/mol. The maximum atomic E-state index is 11.9. The highest BCUT2D eigenvalue weighted by molar-refractivity contribution is 7.16. The van der Waals surface area contributed by atoms with E-state index in [1.54, 1.807) is 6.92 Å². The van der Waals surface area contributed by atoms with E-state index in [0.717, 1.165) is 19.3 Å². The average Bonchev–Trinajstić information content (AvgIpc) is 2.89. The first-order valence-corrected chi connectivity index (χ1v) is 7.63. The Balaban J connectivity index is 1.70. The topological polar surface area (TPSA) is 73.6 Å². The van der Waals surface area contributed by atoms with Crippen LogP contribution in [0.2, 0.25) is 0 Å². The van der Waals surface area contributed by atoms with Crippen LogP contribution in [0.25, 0.3) is 4.96 Å². The smallest absolute Gasteiger partial charge is 0.309 e. The Kier molecular flexibility index (Phi) is 3.83. The summed E-state index contributed by atoms with van der Waals surface area (Å²) in [5, 5.41) is 4.71. The summed E-state index contributed by atoms with van der Waals surface area (Å²) in [6.07, 6.45) is 6.57. The van der Waals surface area contributed by atoms with Crippen LogP contribution >= 0.6 is 11.3 Å². The lowest BCUT2D eigenvalue weighted by Gasteiger charge is -2.15. The standard InChI is InChI=1S/C14H15N3O3S/c1-9-7-12(18)17-14(15-9)21-11(16-17)8-20-13(19)10-5-3-2-4-6-10/h2-3,7,10H,4-6,8H2,1H3/t10-/m1/s1. The zero-order valence-electron chi connectivity index (χ0n) is 11.6. The van der Waals surface area contributed by atoms with Crippen LogP contribution in [-0.2, 0) is 16.1 Å². The molecule has 1 aliphatic rings. The van der Waals surface area contributed by atoms with Gasteiger partial charge >= 0.3 is 5.97 Å². The highest BCUT2D eigenvalue weighted by atomic mass is 32.1. The number of rotatable bonds is 3. The summed E-state index contributed by atoms with van der Waals surface area (Å²) in [6, 6.07) is 1.43. The van der Waals surface area contributed by atoms with Gasteiger partial charge in [0.15, 0.2) is 5.01 Å². The Morgan fingerprint density at radius 3 is 3.14 bits per heavy atom. The van der Waals surface area contributed by atoms with Gasteiger partial charge in [-0.1, -0.05) is 23.5 Å². The molecule has 1 atom stereocenters. The van der Waals surface area contributed by atoms with E-state index in [0.29, 0.717) is 15.7 Å². The number of carbonyl (C=O) groups is 1. The first-order valence-electron chi connectivity index (χ1n) is 6.81. The number of allylic oxidation sites excluding steroid dienone is 2. The molecule has 0 saturated carbocycles. The van der Waals surface area contributed by atoms with Crippen molar-refractivity contribution in [2.24, 2.45) is 5.92 Å². The van der Waals surface area contributed by atoms with Crippen molar-refractivity contribution in [3.63, 3.8) is 0 Å². The molecule has 7 heteroatoms. The Morgan fingerprint density at radius 1 is 1.52 bits per heavy atom. The summed E-state index contributed by atoms with van der Waals surface area (Å²) in [5.41, 5.74) is 0.435. The van der Waals surface area contributed by atoms with Gasteiger partial charge in [-0.05, 0) is 26.2 Å². The normalized spacial score (nSPS) is 18.0. The highest BCUT2D eigenvalue weighted by Crippen LogP contribution is 2.20. The van der Waals surface area contributed by atoms with E-state index in [1.807, 2.05) is 6.08 Å². The molecule has 0 radical (unpaired) electrons. The number of hydrogen-bond donors (Lipinski definition) is 0. The predicted octanol–water partition coefficient (Wildman–Crippen LogP) is 1.86. The van der Waals surface area contributed by atoms with Crippen LogP contribution in [0.4, 0.5) is 0 Å². The van der Waals surface area contributed by atoms with Crippen molar-refractivity contribution < 1.29 is 9.53 Å². The van der Waals surface area contributed by atoms with Crippen LogP contribution in [0, 0.1) is 12.8 Å². The SMILES string of the molecule is Cc1cc(=O)n2nc(COC(=O)[C@@H]3CC=CCC3)sc2n1. The van der Waals surface area contributed by atoms with Crippen molar-refractivity contribution >= 4 is 22.3 Å². The zero-order chi connectivity index (χ0) is 14.8. The Hall–Kier alpha value is -2.02. The molecular weight excluding hydrogens is 290 g/mol. The van der Waals surface area contributed by atoms with Crippen LogP contribution in [0.1, 0.15) is 30.0 Å². The third-order valence-electron chi connectivity index (χ3n) is 3.36. The van der Waals surface area contributed by atoms with Gasteiger partial charge in [0.2, 0.25) is 4.96 Å². The molecule has 2 heterocycles. The van der Waals surface area contributed by atoms with Crippen LogP contribution in [0.5, 0.6) is 0 Å². The lowest BCUT2D eigenvalue weighted by molar-refractivity contribution is -0.150. The summed E-state index contributed by atoms with van der Waals surface area (Å²) < 4.78 is 6.54. The van der Waals surface area contributed by atoms with Crippen molar-refractivity contribution in [1.82, 2.24) is 14.6 Å². The summed E-state index contributed by atoms with van der Waals surface area (Å²) in [6.45, 7) is 1.85. The van der Waals surface area contributed by atoms with Gasteiger partial charge in [0.25, 0.3) is 5.56 Å². The summed E-state index contributed by atoms with van der Waals surface area (Å²) in [4.78, 5) is 28.5. The molecule has 0 aliphatic heterocycles. The van der Waals surface area contributed by atoms with Gasteiger partial charge < -0.3 is 4.74 Å². The molecular formula is C14H15N3O3S. The Bertz CT molecular complexity index is 762. The summed E-state index contributed by atoms with van der Waals surface area (Å²) in [7, 11) is 0. The van der Waals surface area contributed by atoms with Gasteiger partial charge in [-0.15, -0.1) is 0 Å². The highest BCUT2D eigenvalue weighted by Gasteiger charge is 2.20. The van der Waals surface area contributed by atoms with E-state index in [9.17, 15) is 9.59 Å².